The van der Waals surface area contributed by atoms with E-state index in [2.05, 4.69) is 61.4 Å². The lowest BCUT2D eigenvalue weighted by atomic mass is 10.1. The summed E-state index contributed by atoms with van der Waals surface area (Å²) in [5.74, 6) is 0.0475. The summed E-state index contributed by atoms with van der Waals surface area (Å²) in [6, 6.07) is 0. The molecule has 1 rings (SSSR count). The number of hydrogen-bond acceptors (Lipinski definition) is 4. The molecule has 1 aliphatic heterocycles. The van der Waals surface area contributed by atoms with Gasteiger partial charge in [0.1, 0.15) is 5.79 Å². The average molecular weight is 284 g/mol. The summed E-state index contributed by atoms with van der Waals surface area (Å²) in [6.45, 7) is 17.5. The molecule has 1 saturated heterocycles. The SMILES string of the molecule is CCCN1CCN(CC)CCN(CCC)C1(C)N(C)C. The van der Waals surface area contributed by atoms with E-state index in [0.29, 0.717) is 0 Å². The van der Waals surface area contributed by atoms with E-state index in [9.17, 15) is 0 Å². The molecular weight excluding hydrogens is 248 g/mol. The van der Waals surface area contributed by atoms with Crippen LogP contribution in [0.1, 0.15) is 40.5 Å². The van der Waals surface area contributed by atoms with Gasteiger partial charge in [0.25, 0.3) is 0 Å². The highest BCUT2D eigenvalue weighted by Gasteiger charge is 2.40. The van der Waals surface area contributed by atoms with Crippen LogP contribution in [0.2, 0.25) is 0 Å². The van der Waals surface area contributed by atoms with Gasteiger partial charge in [0.05, 0.1) is 0 Å². The Balaban J connectivity index is 3.00. The first-order valence-corrected chi connectivity index (χ1v) is 8.40. The molecule has 1 fully saturated rings. The molecule has 0 atom stereocenters. The minimum atomic E-state index is 0.0475. The normalized spacial score (nSPS) is 22.9. The van der Waals surface area contributed by atoms with Gasteiger partial charge < -0.3 is 4.90 Å². The molecule has 0 saturated carbocycles. The fourth-order valence-corrected chi connectivity index (χ4v) is 3.33. The first kappa shape index (κ1) is 17.9. The third-order valence-electron chi connectivity index (χ3n) is 4.85. The summed E-state index contributed by atoms with van der Waals surface area (Å²) in [7, 11) is 4.45. The second kappa shape index (κ2) is 8.32. The monoisotopic (exact) mass is 284 g/mol. The van der Waals surface area contributed by atoms with Crippen molar-refractivity contribution in [2.75, 3.05) is 59.9 Å². The zero-order valence-electron chi connectivity index (χ0n) is 14.7. The predicted octanol–water partition coefficient (Wildman–Crippen LogP) is 1.98. The Morgan fingerprint density at radius 2 is 1.30 bits per heavy atom. The predicted molar refractivity (Wildman–Crippen MR) is 87.9 cm³/mol. The Bertz CT molecular complexity index is 249. The van der Waals surface area contributed by atoms with Gasteiger partial charge in [-0.05, 0) is 40.4 Å². The van der Waals surface area contributed by atoms with Crippen LogP contribution < -0.4 is 0 Å². The Morgan fingerprint density at radius 1 is 0.850 bits per heavy atom. The second-order valence-corrected chi connectivity index (χ2v) is 6.27. The molecule has 4 heteroatoms. The highest BCUT2D eigenvalue weighted by atomic mass is 15.6. The van der Waals surface area contributed by atoms with Crippen LogP contribution in [0.5, 0.6) is 0 Å². The van der Waals surface area contributed by atoms with Gasteiger partial charge in [-0.2, -0.15) is 0 Å². The van der Waals surface area contributed by atoms with E-state index in [1.807, 2.05) is 0 Å². The average Bonchev–Trinajstić information content (AvgIpc) is 2.42. The first-order valence-electron chi connectivity index (χ1n) is 8.40. The van der Waals surface area contributed by atoms with Crippen LogP contribution in [0, 0.1) is 0 Å². The van der Waals surface area contributed by atoms with Crippen molar-refractivity contribution >= 4 is 0 Å². The van der Waals surface area contributed by atoms with Crippen LogP contribution in [0.4, 0.5) is 0 Å². The van der Waals surface area contributed by atoms with E-state index in [1.54, 1.807) is 0 Å². The van der Waals surface area contributed by atoms with E-state index in [4.69, 9.17) is 0 Å². The van der Waals surface area contributed by atoms with Crippen LogP contribution in [0.15, 0.2) is 0 Å². The minimum absolute atomic E-state index is 0.0475. The summed E-state index contributed by atoms with van der Waals surface area (Å²) >= 11 is 0. The van der Waals surface area contributed by atoms with Gasteiger partial charge in [0.2, 0.25) is 0 Å². The van der Waals surface area contributed by atoms with E-state index in [0.717, 1.165) is 13.1 Å². The van der Waals surface area contributed by atoms with Gasteiger partial charge in [0.15, 0.2) is 0 Å². The molecule has 0 N–H and O–H groups in total. The van der Waals surface area contributed by atoms with Crippen molar-refractivity contribution in [1.29, 1.82) is 0 Å². The molecule has 0 amide bonds. The van der Waals surface area contributed by atoms with Crippen molar-refractivity contribution in [3.8, 4) is 0 Å². The fourth-order valence-electron chi connectivity index (χ4n) is 3.33. The van der Waals surface area contributed by atoms with Gasteiger partial charge in [0, 0.05) is 39.3 Å². The molecule has 0 unspecified atom stereocenters. The number of rotatable bonds is 6. The Hall–Kier alpha value is -0.160. The highest BCUT2D eigenvalue weighted by Crippen LogP contribution is 2.25. The number of hydrogen-bond donors (Lipinski definition) is 0. The maximum atomic E-state index is 2.67. The smallest absolute Gasteiger partial charge is 0.127 e. The van der Waals surface area contributed by atoms with Gasteiger partial charge in [-0.15, -0.1) is 0 Å². The molecule has 0 spiro atoms. The van der Waals surface area contributed by atoms with E-state index in [-0.39, 0.29) is 5.79 Å². The zero-order valence-corrected chi connectivity index (χ0v) is 14.7. The topological polar surface area (TPSA) is 13.0 Å². The summed E-state index contributed by atoms with van der Waals surface area (Å²) in [5.41, 5.74) is 0. The summed E-state index contributed by atoms with van der Waals surface area (Å²) in [4.78, 5) is 10.3. The lowest BCUT2D eigenvalue weighted by molar-refractivity contribution is -0.150. The van der Waals surface area contributed by atoms with Crippen LogP contribution in [0.3, 0.4) is 0 Å². The molecule has 0 bridgehead atoms. The minimum Gasteiger partial charge on any atom is -0.301 e. The summed E-state index contributed by atoms with van der Waals surface area (Å²) in [5, 5.41) is 0. The van der Waals surface area contributed by atoms with Gasteiger partial charge >= 0.3 is 0 Å². The van der Waals surface area contributed by atoms with Crippen LogP contribution in [-0.4, -0.2) is 85.3 Å². The molecule has 0 aromatic carbocycles. The summed E-state index contributed by atoms with van der Waals surface area (Å²) < 4.78 is 0. The van der Waals surface area contributed by atoms with Crippen molar-refractivity contribution in [1.82, 2.24) is 19.6 Å². The van der Waals surface area contributed by atoms with Crippen molar-refractivity contribution in [2.45, 2.75) is 46.3 Å². The molecule has 0 aliphatic carbocycles. The lowest BCUT2D eigenvalue weighted by Crippen LogP contribution is -2.69. The number of nitrogens with zero attached hydrogens (tertiary/aromatic N) is 4. The molecule has 0 aromatic rings. The molecule has 4 nitrogen and oxygen atoms in total. The van der Waals surface area contributed by atoms with E-state index in [1.165, 1.54) is 45.6 Å². The van der Waals surface area contributed by atoms with Crippen molar-refractivity contribution in [3.05, 3.63) is 0 Å². The largest absolute Gasteiger partial charge is 0.301 e. The van der Waals surface area contributed by atoms with Crippen molar-refractivity contribution < 1.29 is 0 Å². The third kappa shape index (κ3) is 3.94. The van der Waals surface area contributed by atoms with Crippen LogP contribution in [-0.2, 0) is 0 Å². The number of likely N-dealkylation sites (N-methyl/N-ethyl adjacent to an activating group) is 1. The van der Waals surface area contributed by atoms with Gasteiger partial charge in [-0.3, -0.25) is 14.7 Å². The Kier molecular flexibility index (Phi) is 7.45. The van der Waals surface area contributed by atoms with E-state index >= 15 is 0 Å². The Labute approximate surface area is 126 Å². The van der Waals surface area contributed by atoms with Crippen molar-refractivity contribution in [2.24, 2.45) is 0 Å². The second-order valence-electron chi connectivity index (χ2n) is 6.27. The highest BCUT2D eigenvalue weighted by molar-refractivity contribution is 4.87. The molecular formula is C16H36N4. The van der Waals surface area contributed by atoms with Gasteiger partial charge in [-0.1, -0.05) is 20.8 Å². The van der Waals surface area contributed by atoms with Crippen LogP contribution in [0.25, 0.3) is 0 Å². The molecule has 0 aromatic heterocycles. The maximum absolute atomic E-state index is 2.67. The summed E-state index contributed by atoms with van der Waals surface area (Å²) in [6.07, 6.45) is 2.44. The van der Waals surface area contributed by atoms with Gasteiger partial charge in [-0.25, -0.2) is 0 Å². The fraction of sp³-hybridized carbons (Fsp3) is 1.00. The molecule has 120 valence electrons. The standard InChI is InChI=1S/C16H36N4/c1-7-10-19-14-12-18(9-3)13-15-20(11-8-2)16(19,4)17(5)6/h7-15H2,1-6H3. The van der Waals surface area contributed by atoms with Crippen LogP contribution >= 0.6 is 0 Å². The maximum Gasteiger partial charge on any atom is 0.127 e. The Morgan fingerprint density at radius 3 is 1.60 bits per heavy atom. The first-order chi connectivity index (χ1) is 9.50. The molecule has 20 heavy (non-hydrogen) atoms. The third-order valence-corrected chi connectivity index (χ3v) is 4.85. The molecule has 1 heterocycles. The molecule has 0 radical (unpaired) electrons. The quantitative estimate of drug-likeness (QED) is 0.739. The van der Waals surface area contributed by atoms with E-state index < -0.39 is 0 Å². The zero-order chi connectivity index (χ0) is 15.2. The van der Waals surface area contributed by atoms with Crippen molar-refractivity contribution in [3.63, 3.8) is 0 Å². The molecule has 1 aliphatic rings. The lowest BCUT2D eigenvalue weighted by Gasteiger charge is -2.54.